The SMILES string of the molecule is CCCCCCCCCC(=O)O[SiH3]. The van der Waals surface area contributed by atoms with E-state index in [-0.39, 0.29) is 5.97 Å². The largest absolute Gasteiger partial charge is 0.529 e. The van der Waals surface area contributed by atoms with E-state index in [1.165, 1.54) is 38.5 Å². The van der Waals surface area contributed by atoms with Gasteiger partial charge in [0.15, 0.2) is 0 Å². The fraction of sp³-hybridized carbons (Fsp3) is 0.900. The Morgan fingerprint density at radius 3 is 2.15 bits per heavy atom. The van der Waals surface area contributed by atoms with Crippen molar-refractivity contribution in [2.45, 2.75) is 58.3 Å². The van der Waals surface area contributed by atoms with Gasteiger partial charge in [0.1, 0.15) is 0 Å². The molecule has 0 aliphatic heterocycles. The van der Waals surface area contributed by atoms with E-state index in [4.69, 9.17) is 4.43 Å². The first-order valence-corrected chi connectivity index (χ1v) is 6.19. The summed E-state index contributed by atoms with van der Waals surface area (Å²) < 4.78 is 4.70. The second-order valence-electron chi connectivity index (χ2n) is 3.45. The lowest BCUT2D eigenvalue weighted by Gasteiger charge is -2.00. The van der Waals surface area contributed by atoms with Gasteiger partial charge in [-0.25, -0.2) is 0 Å². The molecule has 0 unspecified atom stereocenters. The Morgan fingerprint density at radius 1 is 1.08 bits per heavy atom. The summed E-state index contributed by atoms with van der Waals surface area (Å²) in [5, 5.41) is 0. The second-order valence-corrected chi connectivity index (χ2v) is 3.86. The summed E-state index contributed by atoms with van der Waals surface area (Å²) >= 11 is 0. The van der Waals surface area contributed by atoms with Gasteiger partial charge in [0, 0.05) is 6.42 Å². The molecule has 0 aliphatic carbocycles. The first-order valence-electron chi connectivity index (χ1n) is 5.38. The van der Waals surface area contributed by atoms with Crippen molar-refractivity contribution >= 4 is 16.5 Å². The Morgan fingerprint density at radius 2 is 1.62 bits per heavy atom. The third-order valence-electron chi connectivity index (χ3n) is 2.21. The van der Waals surface area contributed by atoms with Crippen molar-refractivity contribution in [2.75, 3.05) is 0 Å². The molecule has 0 bridgehead atoms. The van der Waals surface area contributed by atoms with Gasteiger partial charge in [-0.1, -0.05) is 45.4 Å². The number of carbonyl (C=O) groups is 1. The van der Waals surface area contributed by atoms with Gasteiger partial charge in [0.05, 0.1) is 0 Å². The summed E-state index contributed by atoms with van der Waals surface area (Å²) in [4.78, 5) is 10.8. The molecule has 13 heavy (non-hydrogen) atoms. The van der Waals surface area contributed by atoms with Crippen LogP contribution in [0.1, 0.15) is 58.3 Å². The molecule has 0 aromatic heterocycles. The number of unbranched alkanes of at least 4 members (excludes halogenated alkanes) is 6. The summed E-state index contributed by atoms with van der Waals surface area (Å²) in [6.45, 7) is 2.22. The molecule has 78 valence electrons. The molecule has 0 aromatic rings. The molecule has 0 fully saturated rings. The van der Waals surface area contributed by atoms with E-state index in [0.717, 1.165) is 6.42 Å². The van der Waals surface area contributed by atoms with Crippen LogP contribution in [0.3, 0.4) is 0 Å². The maximum atomic E-state index is 10.8. The lowest BCUT2D eigenvalue weighted by atomic mass is 10.1. The minimum atomic E-state index is -0.0137. The average Bonchev–Trinajstić information content (AvgIpc) is 2.16. The zero-order valence-corrected chi connectivity index (χ0v) is 11.0. The normalized spacial score (nSPS) is 10.2. The maximum Gasteiger partial charge on any atom is 0.291 e. The van der Waals surface area contributed by atoms with Crippen molar-refractivity contribution in [3.8, 4) is 0 Å². The van der Waals surface area contributed by atoms with Gasteiger partial charge in [-0.2, -0.15) is 0 Å². The van der Waals surface area contributed by atoms with Crippen LogP contribution in [0.15, 0.2) is 0 Å². The molecule has 0 aliphatic rings. The standard InChI is InChI=1S/C10H22O2Si/c1-2-3-4-5-6-7-8-9-10(11)12-13/h2-9H2,1,13H3. The third kappa shape index (κ3) is 9.60. The second kappa shape index (κ2) is 9.77. The molecule has 0 atom stereocenters. The van der Waals surface area contributed by atoms with Crippen molar-refractivity contribution in [1.82, 2.24) is 0 Å². The summed E-state index contributed by atoms with van der Waals surface area (Å²) in [5.41, 5.74) is 0. The molecule has 0 saturated heterocycles. The van der Waals surface area contributed by atoms with Crippen molar-refractivity contribution in [3.63, 3.8) is 0 Å². The first-order chi connectivity index (χ1) is 6.31. The van der Waals surface area contributed by atoms with Crippen LogP contribution in [-0.2, 0) is 9.22 Å². The van der Waals surface area contributed by atoms with Gasteiger partial charge in [0.2, 0.25) is 10.5 Å². The van der Waals surface area contributed by atoms with Crippen LogP contribution in [0.4, 0.5) is 0 Å². The Labute approximate surface area is 84.6 Å². The number of rotatable bonds is 8. The molecule has 0 amide bonds. The zero-order chi connectivity index (χ0) is 9.94. The van der Waals surface area contributed by atoms with Crippen LogP contribution in [0.5, 0.6) is 0 Å². The van der Waals surface area contributed by atoms with E-state index in [2.05, 4.69) is 6.92 Å². The molecular weight excluding hydrogens is 180 g/mol. The monoisotopic (exact) mass is 202 g/mol. The fourth-order valence-electron chi connectivity index (χ4n) is 1.33. The van der Waals surface area contributed by atoms with E-state index in [9.17, 15) is 4.79 Å². The molecule has 0 saturated carbocycles. The topological polar surface area (TPSA) is 26.3 Å². The molecule has 0 N–H and O–H groups in total. The van der Waals surface area contributed by atoms with Gasteiger partial charge < -0.3 is 4.43 Å². The lowest BCUT2D eigenvalue weighted by molar-refractivity contribution is -0.134. The number of hydrogen-bond donors (Lipinski definition) is 0. The van der Waals surface area contributed by atoms with Crippen molar-refractivity contribution < 1.29 is 9.22 Å². The zero-order valence-electron chi connectivity index (χ0n) is 8.97. The van der Waals surface area contributed by atoms with Crippen LogP contribution < -0.4 is 0 Å². The fourth-order valence-corrected chi connectivity index (χ4v) is 1.53. The van der Waals surface area contributed by atoms with Crippen LogP contribution >= 0.6 is 0 Å². The molecule has 0 spiro atoms. The van der Waals surface area contributed by atoms with Gasteiger partial charge in [0.25, 0.3) is 5.97 Å². The highest BCUT2D eigenvalue weighted by Crippen LogP contribution is 2.08. The van der Waals surface area contributed by atoms with E-state index in [1.807, 2.05) is 0 Å². The number of hydrogen-bond acceptors (Lipinski definition) is 2. The Balaban J connectivity index is 2.95. The van der Waals surface area contributed by atoms with Crippen molar-refractivity contribution in [1.29, 1.82) is 0 Å². The Kier molecular flexibility index (Phi) is 9.54. The van der Waals surface area contributed by atoms with Crippen molar-refractivity contribution in [2.24, 2.45) is 0 Å². The highest BCUT2D eigenvalue weighted by Gasteiger charge is 1.97. The minimum Gasteiger partial charge on any atom is -0.529 e. The molecule has 0 heterocycles. The van der Waals surface area contributed by atoms with Gasteiger partial charge >= 0.3 is 0 Å². The maximum absolute atomic E-state index is 10.8. The predicted molar refractivity (Wildman–Crippen MR) is 58.6 cm³/mol. The molecule has 0 aromatic carbocycles. The average molecular weight is 202 g/mol. The minimum absolute atomic E-state index is 0.0137. The Bertz CT molecular complexity index is 126. The van der Waals surface area contributed by atoms with Gasteiger partial charge in [-0.05, 0) is 6.42 Å². The van der Waals surface area contributed by atoms with Crippen LogP contribution in [0.2, 0.25) is 0 Å². The summed E-state index contributed by atoms with van der Waals surface area (Å²) in [6, 6.07) is 0. The summed E-state index contributed by atoms with van der Waals surface area (Å²) in [7, 11) is 0.544. The number of carbonyl (C=O) groups excluding carboxylic acids is 1. The highest BCUT2D eigenvalue weighted by atomic mass is 28.2. The molecule has 3 heteroatoms. The Hall–Kier alpha value is -0.313. The highest BCUT2D eigenvalue weighted by molar-refractivity contribution is 6.05. The van der Waals surface area contributed by atoms with Gasteiger partial charge in [-0.3, -0.25) is 4.79 Å². The van der Waals surface area contributed by atoms with Crippen molar-refractivity contribution in [3.05, 3.63) is 0 Å². The van der Waals surface area contributed by atoms with Crippen LogP contribution in [-0.4, -0.2) is 16.5 Å². The van der Waals surface area contributed by atoms with E-state index in [0.29, 0.717) is 16.9 Å². The molecule has 2 nitrogen and oxygen atoms in total. The summed E-state index contributed by atoms with van der Waals surface area (Å²) in [6.07, 6.45) is 9.40. The van der Waals surface area contributed by atoms with Crippen LogP contribution in [0.25, 0.3) is 0 Å². The molecule has 0 radical (unpaired) electrons. The predicted octanol–water partition coefficient (Wildman–Crippen LogP) is 1.95. The van der Waals surface area contributed by atoms with Gasteiger partial charge in [-0.15, -0.1) is 0 Å². The molecule has 0 rings (SSSR count). The smallest absolute Gasteiger partial charge is 0.291 e. The van der Waals surface area contributed by atoms with E-state index >= 15 is 0 Å². The third-order valence-corrected chi connectivity index (χ3v) is 2.67. The quantitative estimate of drug-likeness (QED) is 0.444. The van der Waals surface area contributed by atoms with E-state index < -0.39 is 0 Å². The summed E-state index contributed by atoms with van der Waals surface area (Å²) in [5.74, 6) is -0.0137. The van der Waals surface area contributed by atoms with Crippen LogP contribution in [0, 0.1) is 0 Å². The first kappa shape index (κ1) is 12.7. The van der Waals surface area contributed by atoms with E-state index in [1.54, 1.807) is 0 Å². The lowest BCUT2D eigenvalue weighted by Crippen LogP contribution is -2.00. The molecular formula is C10H22O2Si.